The summed E-state index contributed by atoms with van der Waals surface area (Å²) in [5, 5.41) is 9.20. The molecule has 12 heteroatoms. The zero-order valence-electron chi connectivity index (χ0n) is 17.7. The average molecular weight is 492 g/mol. The molecule has 2 aromatic carbocycles. The monoisotopic (exact) mass is 492 g/mol. The molecule has 3 N–H and O–H groups in total. The third-order valence-corrected chi connectivity index (χ3v) is 6.30. The highest BCUT2D eigenvalue weighted by Gasteiger charge is 2.73. The van der Waals surface area contributed by atoms with E-state index >= 15 is 0 Å². The van der Waals surface area contributed by atoms with Crippen LogP contribution in [0, 0.1) is 17.6 Å². The van der Waals surface area contributed by atoms with E-state index in [0.717, 1.165) is 17.5 Å². The number of nitrogens with zero attached hydrogens (tertiary/aromatic N) is 1. The minimum Gasteiger partial charge on any atom is -0.450 e. The Morgan fingerprint density at radius 3 is 2.57 bits per heavy atom. The van der Waals surface area contributed by atoms with Crippen molar-refractivity contribution in [3.63, 3.8) is 0 Å². The lowest BCUT2D eigenvalue weighted by Crippen LogP contribution is -2.36. The molecule has 0 bridgehead atoms. The number of carbonyl (C=O) groups is 2. The fourth-order valence-corrected chi connectivity index (χ4v) is 4.77. The lowest BCUT2D eigenvalue weighted by atomic mass is 10.0. The van der Waals surface area contributed by atoms with Gasteiger partial charge in [0, 0.05) is 59.3 Å². The van der Waals surface area contributed by atoms with Gasteiger partial charge in [0.15, 0.2) is 0 Å². The number of urea groups is 1. The Labute approximate surface area is 194 Å². The first kappa shape index (κ1) is 23.0. The van der Waals surface area contributed by atoms with Gasteiger partial charge < -0.3 is 20.7 Å². The van der Waals surface area contributed by atoms with E-state index < -0.39 is 52.8 Å². The maximum atomic E-state index is 14.9. The highest BCUT2D eigenvalue weighted by Crippen LogP contribution is 2.63. The number of hydrogen-bond acceptors (Lipinski definition) is 5. The number of hydrogen-bond donors (Lipinski definition) is 3. The van der Waals surface area contributed by atoms with E-state index in [-0.39, 0.29) is 18.8 Å². The molecule has 35 heavy (non-hydrogen) atoms. The van der Waals surface area contributed by atoms with E-state index in [1.807, 2.05) is 0 Å². The molecule has 1 saturated heterocycles. The molecule has 0 radical (unpaired) electrons. The Bertz CT molecular complexity index is 1320. The first-order valence-corrected chi connectivity index (χ1v) is 10.5. The fraction of sp³-hybridized carbons (Fsp3) is 0.261. The summed E-state index contributed by atoms with van der Waals surface area (Å²) in [5.41, 5.74) is -1.91. The molecule has 5 rings (SSSR count). The zero-order valence-corrected chi connectivity index (χ0v) is 17.7. The predicted octanol–water partition coefficient (Wildman–Crippen LogP) is 4.32. The number of ether oxygens (including phenoxy) is 1. The average Bonchev–Trinajstić information content (AvgIpc) is 3.16. The molecule has 1 aliphatic carbocycles. The van der Waals surface area contributed by atoms with Crippen molar-refractivity contribution < 1.29 is 36.3 Å². The van der Waals surface area contributed by atoms with Crippen molar-refractivity contribution in [1.82, 2.24) is 10.3 Å². The molecule has 1 aliphatic heterocycles. The van der Waals surface area contributed by atoms with Crippen molar-refractivity contribution in [3.8, 4) is 0 Å². The van der Waals surface area contributed by atoms with Crippen LogP contribution in [0.1, 0.15) is 11.5 Å². The molecule has 3 aromatic rings. The van der Waals surface area contributed by atoms with Crippen LogP contribution < -0.4 is 16.0 Å². The number of aromatic nitrogens is 1. The molecular weight excluding hydrogens is 475 g/mol. The third-order valence-electron chi connectivity index (χ3n) is 6.30. The van der Waals surface area contributed by atoms with Crippen molar-refractivity contribution in [2.24, 2.45) is 5.92 Å². The lowest BCUT2D eigenvalue weighted by Gasteiger charge is -2.19. The van der Waals surface area contributed by atoms with Gasteiger partial charge in [-0.3, -0.25) is 4.98 Å². The first-order chi connectivity index (χ1) is 16.6. The highest BCUT2D eigenvalue weighted by molar-refractivity contribution is 6.06. The standard InChI is InChI=1S/C23H17F5N4O3/c24-15-6-12(31-21(34)32-17-3-1-2-11-8-29-5-4-13(11)17)7-16(25)18(15)19-14-9-30-10-22(14,19)35-20(33)23(26,27)28/h1-8,14,19,30H,9-10H2,(H2,31,32,34). The van der Waals surface area contributed by atoms with E-state index in [2.05, 4.69) is 25.7 Å². The molecule has 3 unspecified atom stereocenters. The topological polar surface area (TPSA) is 92.4 Å². The molecular formula is C23H17F5N4O3. The number of anilines is 2. The largest absolute Gasteiger partial charge is 0.490 e. The molecule has 1 aromatic heterocycles. The minimum absolute atomic E-state index is 0.137. The maximum Gasteiger partial charge on any atom is 0.490 e. The Morgan fingerprint density at radius 1 is 1.11 bits per heavy atom. The minimum atomic E-state index is -5.23. The van der Waals surface area contributed by atoms with E-state index in [4.69, 9.17) is 0 Å². The predicted molar refractivity (Wildman–Crippen MR) is 115 cm³/mol. The molecule has 1 saturated carbocycles. The van der Waals surface area contributed by atoms with Gasteiger partial charge in [-0.15, -0.1) is 0 Å². The van der Waals surface area contributed by atoms with Gasteiger partial charge in [0.05, 0.1) is 5.69 Å². The fourth-order valence-electron chi connectivity index (χ4n) is 4.77. The van der Waals surface area contributed by atoms with Crippen LogP contribution in [0.25, 0.3) is 10.8 Å². The number of esters is 1. The number of fused-ring (bicyclic) bond motifs is 2. The van der Waals surface area contributed by atoms with Crippen molar-refractivity contribution in [3.05, 3.63) is 66.0 Å². The smallest absolute Gasteiger partial charge is 0.450 e. The lowest BCUT2D eigenvalue weighted by molar-refractivity contribution is -0.207. The third kappa shape index (κ3) is 4.03. The van der Waals surface area contributed by atoms with Crippen molar-refractivity contribution in [1.29, 1.82) is 0 Å². The van der Waals surface area contributed by atoms with Crippen LogP contribution in [-0.4, -0.2) is 41.9 Å². The van der Waals surface area contributed by atoms with Crippen LogP contribution in [-0.2, 0) is 9.53 Å². The van der Waals surface area contributed by atoms with E-state index in [1.165, 1.54) is 0 Å². The Morgan fingerprint density at radius 2 is 1.86 bits per heavy atom. The second-order valence-corrected chi connectivity index (χ2v) is 8.39. The van der Waals surface area contributed by atoms with Crippen LogP contribution in [0.4, 0.5) is 38.1 Å². The van der Waals surface area contributed by atoms with Gasteiger partial charge in [-0.1, -0.05) is 12.1 Å². The van der Waals surface area contributed by atoms with Crippen molar-refractivity contribution >= 4 is 34.1 Å². The molecule has 182 valence electrons. The van der Waals surface area contributed by atoms with E-state index in [1.54, 1.807) is 36.7 Å². The van der Waals surface area contributed by atoms with Gasteiger partial charge in [-0.05, 0) is 24.3 Å². The number of piperidine rings is 1. The van der Waals surface area contributed by atoms with Crippen LogP contribution in [0.5, 0.6) is 0 Å². The summed E-state index contributed by atoms with van der Waals surface area (Å²) < 4.78 is 72.6. The zero-order chi connectivity index (χ0) is 25.0. The number of carbonyl (C=O) groups excluding carboxylic acids is 2. The molecule has 2 aliphatic rings. The summed E-state index contributed by atoms with van der Waals surface area (Å²) in [6, 6.07) is 7.82. The summed E-state index contributed by atoms with van der Waals surface area (Å²) in [5.74, 6) is -6.34. The number of pyridine rings is 1. The second-order valence-electron chi connectivity index (χ2n) is 8.39. The number of benzene rings is 2. The molecule has 2 heterocycles. The van der Waals surface area contributed by atoms with E-state index in [9.17, 15) is 31.5 Å². The number of alkyl halides is 3. The number of amides is 2. The molecule has 7 nitrogen and oxygen atoms in total. The maximum absolute atomic E-state index is 14.9. The van der Waals surface area contributed by atoms with Crippen LogP contribution in [0.2, 0.25) is 0 Å². The summed E-state index contributed by atoms with van der Waals surface area (Å²) in [6.45, 7) is -0.0242. The van der Waals surface area contributed by atoms with Gasteiger partial charge in [-0.25, -0.2) is 18.4 Å². The summed E-state index contributed by atoms with van der Waals surface area (Å²) >= 11 is 0. The van der Waals surface area contributed by atoms with Gasteiger partial charge in [-0.2, -0.15) is 13.2 Å². The second kappa shape index (κ2) is 8.15. The van der Waals surface area contributed by atoms with Gasteiger partial charge in [0.2, 0.25) is 0 Å². The Hall–Kier alpha value is -3.80. The number of halogens is 5. The molecule has 2 amide bonds. The van der Waals surface area contributed by atoms with Crippen LogP contribution in [0.3, 0.4) is 0 Å². The van der Waals surface area contributed by atoms with Gasteiger partial charge in [0.25, 0.3) is 0 Å². The number of rotatable bonds is 4. The summed E-state index contributed by atoms with van der Waals surface area (Å²) in [7, 11) is 0. The van der Waals surface area contributed by atoms with Crippen LogP contribution >= 0.6 is 0 Å². The number of nitrogens with one attached hydrogen (secondary N) is 3. The molecule has 2 fully saturated rings. The SMILES string of the molecule is O=C(Nc1cc(F)c(C2C3CNCC32OC(=O)C(F)(F)F)c(F)c1)Nc1cccc2cnccc12. The van der Waals surface area contributed by atoms with Gasteiger partial charge >= 0.3 is 18.2 Å². The van der Waals surface area contributed by atoms with Crippen molar-refractivity contribution in [2.45, 2.75) is 17.7 Å². The van der Waals surface area contributed by atoms with Gasteiger partial charge in [0.1, 0.15) is 17.2 Å². The first-order valence-electron chi connectivity index (χ1n) is 10.5. The normalized spacial score (nSPS) is 23.0. The molecule has 0 spiro atoms. The van der Waals surface area contributed by atoms with E-state index in [0.29, 0.717) is 11.1 Å². The molecule has 3 atom stereocenters. The Balaban J connectivity index is 1.34. The quantitative estimate of drug-likeness (QED) is 0.373. The summed E-state index contributed by atoms with van der Waals surface area (Å²) in [4.78, 5) is 27.8. The van der Waals surface area contributed by atoms with Crippen LogP contribution in [0.15, 0.2) is 48.8 Å². The Kier molecular flexibility index (Phi) is 5.35. The highest BCUT2D eigenvalue weighted by atomic mass is 19.4. The van der Waals surface area contributed by atoms with Crippen molar-refractivity contribution in [2.75, 3.05) is 23.7 Å². The summed E-state index contributed by atoms with van der Waals surface area (Å²) in [6.07, 6.45) is -2.06.